The lowest BCUT2D eigenvalue weighted by Gasteiger charge is -2.03. The predicted octanol–water partition coefficient (Wildman–Crippen LogP) is 2.87. The summed E-state index contributed by atoms with van der Waals surface area (Å²) in [4.78, 5) is 3.64. The maximum atomic E-state index is 7.63. The SMILES string of the molecule is C=NC(=N)c1cccc2ccccc12. The van der Waals surface area contributed by atoms with E-state index in [1.54, 1.807) is 0 Å². The number of hydrogen-bond acceptors (Lipinski definition) is 1. The number of nitrogens with zero attached hydrogens (tertiary/aromatic N) is 1. The Morgan fingerprint density at radius 2 is 1.79 bits per heavy atom. The maximum Gasteiger partial charge on any atom is 0.151 e. The quantitative estimate of drug-likeness (QED) is 0.520. The molecule has 0 aliphatic heterocycles. The summed E-state index contributed by atoms with van der Waals surface area (Å²) in [6.45, 7) is 3.37. The number of rotatable bonds is 1. The smallest absolute Gasteiger partial charge is 0.151 e. The first-order chi connectivity index (χ1) is 6.83. The van der Waals surface area contributed by atoms with Crippen LogP contribution in [-0.2, 0) is 0 Å². The molecule has 2 heteroatoms. The van der Waals surface area contributed by atoms with Crippen LogP contribution in [0.3, 0.4) is 0 Å². The van der Waals surface area contributed by atoms with Crippen molar-refractivity contribution < 1.29 is 0 Å². The van der Waals surface area contributed by atoms with Crippen molar-refractivity contribution in [1.82, 2.24) is 0 Å². The first kappa shape index (κ1) is 8.63. The van der Waals surface area contributed by atoms with Gasteiger partial charge in [-0.05, 0) is 17.5 Å². The molecule has 0 heterocycles. The number of hydrogen-bond donors (Lipinski definition) is 1. The molecule has 0 fully saturated rings. The molecule has 0 saturated carbocycles. The third kappa shape index (κ3) is 1.31. The highest BCUT2D eigenvalue weighted by atomic mass is 14.8. The maximum absolute atomic E-state index is 7.63. The zero-order valence-corrected chi connectivity index (χ0v) is 7.70. The van der Waals surface area contributed by atoms with E-state index in [0.29, 0.717) is 0 Å². The van der Waals surface area contributed by atoms with Crippen LogP contribution in [0.4, 0.5) is 0 Å². The van der Waals surface area contributed by atoms with E-state index >= 15 is 0 Å². The van der Waals surface area contributed by atoms with Crippen LogP contribution in [0.5, 0.6) is 0 Å². The zero-order valence-electron chi connectivity index (χ0n) is 7.70. The molecule has 2 aromatic carbocycles. The first-order valence-corrected chi connectivity index (χ1v) is 4.36. The second-order valence-corrected chi connectivity index (χ2v) is 3.03. The fourth-order valence-corrected chi connectivity index (χ4v) is 1.52. The Kier molecular flexibility index (Phi) is 2.11. The van der Waals surface area contributed by atoms with Gasteiger partial charge in [-0.3, -0.25) is 5.41 Å². The van der Waals surface area contributed by atoms with Gasteiger partial charge in [0.15, 0.2) is 5.84 Å². The topological polar surface area (TPSA) is 36.2 Å². The average Bonchev–Trinajstić information content (AvgIpc) is 2.27. The van der Waals surface area contributed by atoms with Gasteiger partial charge in [-0.25, -0.2) is 4.99 Å². The first-order valence-electron chi connectivity index (χ1n) is 4.36. The molecular formula is C12H10N2. The average molecular weight is 182 g/mol. The van der Waals surface area contributed by atoms with E-state index < -0.39 is 0 Å². The van der Waals surface area contributed by atoms with Gasteiger partial charge in [0, 0.05) is 5.56 Å². The van der Waals surface area contributed by atoms with Gasteiger partial charge < -0.3 is 0 Å². The Balaban J connectivity index is 2.77. The molecule has 0 unspecified atom stereocenters. The fraction of sp³-hybridized carbons (Fsp3) is 0. The molecule has 68 valence electrons. The van der Waals surface area contributed by atoms with Crippen LogP contribution in [0.15, 0.2) is 47.5 Å². The van der Waals surface area contributed by atoms with Crippen LogP contribution in [0.1, 0.15) is 5.56 Å². The van der Waals surface area contributed by atoms with Crippen LogP contribution in [0.25, 0.3) is 10.8 Å². The van der Waals surface area contributed by atoms with Gasteiger partial charge in [-0.15, -0.1) is 0 Å². The molecule has 2 aromatic rings. The van der Waals surface area contributed by atoms with Crippen molar-refractivity contribution in [2.24, 2.45) is 4.99 Å². The van der Waals surface area contributed by atoms with Crippen molar-refractivity contribution in [3.05, 3.63) is 48.0 Å². The minimum atomic E-state index is 0.224. The van der Waals surface area contributed by atoms with Gasteiger partial charge in [0.05, 0.1) is 0 Å². The Bertz CT molecular complexity index is 495. The molecule has 0 amide bonds. The van der Waals surface area contributed by atoms with E-state index in [0.717, 1.165) is 16.3 Å². The molecule has 2 rings (SSSR count). The summed E-state index contributed by atoms with van der Waals surface area (Å²) in [5.74, 6) is 0.224. The minimum Gasteiger partial charge on any atom is -0.282 e. The molecule has 2 nitrogen and oxygen atoms in total. The number of benzene rings is 2. The van der Waals surface area contributed by atoms with Crippen molar-refractivity contribution in [3.63, 3.8) is 0 Å². The molecule has 0 atom stereocenters. The van der Waals surface area contributed by atoms with Gasteiger partial charge in [-0.2, -0.15) is 0 Å². The number of amidine groups is 1. The largest absolute Gasteiger partial charge is 0.282 e. The third-order valence-corrected chi connectivity index (χ3v) is 2.20. The molecular weight excluding hydrogens is 172 g/mol. The van der Waals surface area contributed by atoms with Crippen molar-refractivity contribution in [2.75, 3.05) is 0 Å². The normalized spacial score (nSPS) is 10.0. The molecule has 1 N–H and O–H groups in total. The monoisotopic (exact) mass is 182 g/mol. The summed E-state index contributed by atoms with van der Waals surface area (Å²) < 4.78 is 0. The second kappa shape index (κ2) is 3.42. The zero-order chi connectivity index (χ0) is 9.97. The number of fused-ring (bicyclic) bond motifs is 1. The molecule has 0 bridgehead atoms. The van der Waals surface area contributed by atoms with Crippen molar-refractivity contribution in [3.8, 4) is 0 Å². The predicted molar refractivity (Wildman–Crippen MR) is 60.3 cm³/mol. The van der Waals surface area contributed by atoms with E-state index in [1.807, 2.05) is 42.5 Å². The third-order valence-electron chi connectivity index (χ3n) is 2.20. The number of aliphatic imine (C=N–C) groups is 1. The summed E-state index contributed by atoms with van der Waals surface area (Å²) in [6, 6.07) is 13.8. The molecule has 0 aliphatic rings. The highest BCUT2D eigenvalue weighted by Crippen LogP contribution is 2.18. The van der Waals surface area contributed by atoms with Crippen molar-refractivity contribution >= 4 is 23.3 Å². The molecule has 0 aliphatic carbocycles. The summed E-state index contributed by atoms with van der Waals surface area (Å²) in [5.41, 5.74) is 0.832. The Labute approximate surface area is 82.4 Å². The van der Waals surface area contributed by atoms with Crippen molar-refractivity contribution in [1.29, 1.82) is 5.41 Å². The lowest BCUT2D eigenvalue weighted by atomic mass is 10.0. The molecule has 0 spiro atoms. The van der Waals surface area contributed by atoms with E-state index in [9.17, 15) is 0 Å². The standard InChI is InChI=1S/C12H10N2/c1-14-12(13)11-8-4-6-9-5-2-3-7-10(9)11/h2-8,13H,1H2. The summed E-state index contributed by atoms with van der Waals surface area (Å²) in [6.07, 6.45) is 0. The van der Waals surface area contributed by atoms with Gasteiger partial charge in [0.25, 0.3) is 0 Å². The summed E-state index contributed by atoms with van der Waals surface area (Å²) in [7, 11) is 0. The molecule has 0 saturated heterocycles. The molecule has 14 heavy (non-hydrogen) atoms. The van der Waals surface area contributed by atoms with E-state index in [4.69, 9.17) is 5.41 Å². The Morgan fingerprint density at radius 1 is 1.07 bits per heavy atom. The van der Waals surface area contributed by atoms with Crippen LogP contribution >= 0.6 is 0 Å². The highest BCUT2D eigenvalue weighted by Gasteiger charge is 2.02. The lowest BCUT2D eigenvalue weighted by molar-refractivity contribution is 1.44. The molecule has 0 radical (unpaired) electrons. The van der Waals surface area contributed by atoms with Gasteiger partial charge in [0.2, 0.25) is 0 Å². The lowest BCUT2D eigenvalue weighted by Crippen LogP contribution is -1.94. The van der Waals surface area contributed by atoms with Gasteiger partial charge >= 0.3 is 0 Å². The summed E-state index contributed by atoms with van der Waals surface area (Å²) in [5, 5.41) is 9.80. The van der Waals surface area contributed by atoms with Crippen molar-refractivity contribution in [2.45, 2.75) is 0 Å². The summed E-state index contributed by atoms with van der Waals surface area (Å²) >= 11 is 0. The van der Waals surface area contributed by atoms with Gasteiger partial charge in [-0.1, -0.05) is 42.5 Å². The van der Waals surface area contributed by atoms with Crippen LogP contribution in [-0.4, -0.2) is 12.6 Å². The highest BCUT2D eigenvalue weighted by molar-refractivity contribution is 6.09. The van der Waals surface area contributed by atoms with Crippen LogP contribution < -0.4 is 0 Å². The van der Waals surface area contributed by atoms with Crippen LogP contribution in [0.2, 0.25) is 0 Å². The van der Waals surface area contributed by atoms with E-state index in [2.05, 4.69) is 11.7 Å². The minimum absolute atomic E-state index is 0.224. The second-order valence-electron chi connectivity index (χ2n) is 3.03. The number of nitrogens with one attached hydrogen (secondary N) is 1. The molecule has 0 aromatic heterocycles. The van der Waals surface area contributed by atoms with Crippen LogP contribution in [0, 0.1) is 5.41 Å². The van der Waals surface area contributed by atoms with E-state index in [-0.39, 0.29) is 5.84 Å². The Hall–Kier alpha value is -1.96. The van der Waals surface area contributed by atoms with Gasteiger partial charge in [0.1, 0.15) is 0 Å². The Morgan fingerprint density at radius 3 is 2.57 bits per heavy atom. The fourth-order valence-electron chi connectivity index (χ4n) is 1.52. The van der Waals surface area contributed by atoms with E-state index in [1.165, 1.54) is 0 Å².